The highest BCUT2D eigenvalue weighted by atomic mass is 35.5. The van der Waals surface area contributed by atoms with Crippen LogP contribution < -0.4 is 0 Å². The first-order valence-corrected chi connectivity index (χ1v) is 7.15. The van der Waals surface area contributed by atoms with Gasteiger partial charge in [-0.05, 0) is 29.2 Å². The van der Waals surface area contributed by atoms with Gasteiger partial charge in [0.15, 0.2) is 5.78 Å². The lowest BCUT2D eigenvalue weighted by Crippen LogP contribution is -2.17. The van der Waals surface area contributed by atoms with Crippen molar-refractivity contribution < 1.29 is 4.79 Å². The van der Waals surface area contributed by atoms with E-state index in [1.165, 1.54) is 0 Å². The van der Waals surface area contributed by atoms with E-state index in [-0.39, 0.29) is 11.2 Å². The zero-order valence-electron chi connectivity index (χ0n) is 11.7. The number of ketones is 1. The molecule has 0 atom stereocenters. The summed E-state index contributed by atoms with van der Waals surface area (Å²) >= 11 is 12.1. The lowest BCUT2D eigenvalue weighted by atomic mass is 9.82. The van der Waals surface area contributed by atoms with Crippen LogP contribution in [-0.2, 0) is 5.41 Å². The molecular formula is C17H16Cl2O. The van der Waals surface area contributed by atoms with Crippen LogP contribution in [-0.4, -0.2) is 5.78 Å². The van der Waals surface area contributed by atoms with Crippen molar-refractivity contribution in [2.24, 2.45) is 0 Å². The molecule has 0 spiro atoms. The molecule has 0 aromatic heterocycles. The Balaban J connectivity index is 2.57. The molecule has 1 nitrogen and oxygen atoms in total. The normalized spacial score (nSPS) is 11.4. The monoisotopic (exact) mass is 306 g/mol. The van der Waals surface area contributed by atoms with Crippen LogP contribution in [0.2, 0.25) is 10.0 Å². The highest BCUT2D eigenvalue weighted by Gasteiger charge is 2.23. The molecule has 2 aromatic rings. The molecule has 0 N–H and O–H groups in total. The molecule has 0 aliphatic rings. The molecule has 0 heterocycles. The Bertz CT molecular complexity index is 654. The summed E-state index contributed by atoms with van der Waals surface area (Å²) in [5, 5.41) is 0.925. The van der Waals surface area contributed by atoms with Crippen LogP contribution in [0.15, 0.2) is 42.5 Å². The smallest absolute Gasteiger partial charge is 0.194 e. The summed E-state index contributed by atoms with van der Waals surface area (Å²) in [4.78, 5) is 12.7. The number of hydrogen-bond acceptors (Lipinski definition) is 1. The van der Waals surface area contributed by atoms with Gasteiger partial charge in [0.05, 0.1) is 5.02 Å². The van der Waals surface area contributed by atoms with Gasteiger partial charge in [0.2, 0.25) is 0 Å². The van der Waals surface area contributed by atoms with E-state index in [0.717, 1.165) is 5.56 Å². The highest BCUT2D eigenvalue weighted by molar-refractivity contribution is 6.36. The Morgan fingerprint density at radius 1 is 0.950 bits per heavy atom. The van der Waals surface area contributed by atoms with Gasteiger partial charge in [0.25, 0.3) is 0 Å². The first-order chi connectivity index (χ1) is 9.30. The number of rotatable bonds is 2. The van der Waals surface area contributed by atoms with Gasteiger partial charge in [-0.3, -0.25) is 4.79 Å². The number of halogens is 2. The molecule has 2 aromatic carbocycles. The van der Waals surface area contributed by atoms with E-state index in [0.29, 0.717) is 21.2 Å². The lowest BCUT2D eigenvalue weighted by Gasteiger charge is -2.22. The number of benzene rings is 2. The van der Waals surface area contributed by atoms with E-state index in [1.807, 2.05) is 24.3 Å². The van der Waals surface area contributed by atoms with Crippen molar-refractivity contribution >= 4 is 29.0 Å². The largest absolute Gasteiger partial charge is 0.289 e. The quantitative estimate of drug-likeness (QED) is 0.667. The van der Waals surface area contributed by atoms with Crippen LogP contribution >= 0.6 is 23.2 Å². The number of hydrogen-bond donors (Lipinski definition) is 0. The average Bonchev–Trinajstić information content (AvgIpc) is 2.40. The van der Waals surface area contributed by atoms with Gasteiger partial charge in [-0.1, -0.05) is 68.2 Å². The molecular weight excluding hydrogens is 291 g/mol. The number of carbonyl (C=O) groups is 1. The first kappa shape index (κ1) is 15.1. The maximum Gasteiger partial charge on any atom is 0.194 e. The highest BCUT2D eigenvalue weighted by Crippen LogP contribution is 2.30. The van der Waals surface area contributed by atoms with Crippen LogP contribution in [0.25, 0.3) is 0 Å². The molecule has 2 rings (SSSR count). The number of carbonyl (C=O) groups excluding carboxylic acids is 1. The van der Waals surface area contributed by atoms with Crippen molar-refractivity contribution in [3.8, 4) is 0 Å². The second kappa shape index (κ2) is 5.59. The summed E-state index contributed by atoms with van der Waals surface area (Å²) < 4.78 is 0. The van der Waals surface area contributed by atoms with Crippen LogP contribution in [0.3, 0.4) is 0 Å². The zero-order chi connectivity index (χ0) is 14.9. The Morgan fingerprint density at radius 2 is 1.60 bits per heavy atom. The minimum absolute atomic E-state index is 0.0944. The van der Waals surface area contributed by atoms with Crippen molar-refractivity contribution in [2.45, 2.75) is 26.2 Å². The minimum Gasteiger partial charge on any atom is -0.289 e. The maximum atomic E-state index is 12.7. The van der Waals surface area contributed by atoms with Crippen LogP contribution in [0.4, 0.5) is 0 Å². The van der Waals surface area contributed by atoms with Gasteiger partial charge >= 0.3 is 0 Å². The van der Waals surface area contributed by atoms with Gasteiger partial charge in [0, 0.05) is 16.1 Å². The summed E-state index contributed by atoms with van der Waals surface area (Å²) in [6.45, 7) is 6.25. The summed E-state index contributed by atoms with van der Waals surface area (Å²) in [7, 11) is 0. The van der Waals surface area contributed by atoms with Crippen LogP contribution in [0.1, 0.15) is 42.3 Å². The topological polar surface area (TPSA) is 17.1 Å². The first-order valence-electron chi connectivity index (χ1n) is 6.40. The van der Waals surface area contributed by atoms with Gasteiger partial charge in [-0.2, -0.15) is 0 Å². The third kappa shape index (κ3) is 3.05. The maximum absolute atomic E-state index is 12.7. The van der Waals surface area contributed by atoms with E-state index in [4.69, 9.17) is 23.2 Å². The molecule has 104 valence electrons. The van der Waals surface area contributed by atoms with Crippen molar-refractivity contribution in [3.05, 3.63) is 69.2 Å². The van der Waals surface area contributed by atoms with E-state index >= 15 is 0 Å². The molecule has 20 heavy (non-hydrogen) atoms. The van der Waals surface area contributed by atoms with Gasteiger partial charge in [0.1, 0.15) is 0 Å². The summed E-state index contributed by atoms with van der Waals surface area (Å²) in [6.07, 6.45) is 0. The van der Waals surface area contributed by atoms with E-state index in [9.17, 15) is 4.79 Å². The third-order valence-corrected chi connectivity index (χ3v) is 3.72. The van der Waals surface area contributed by atoms with E-state index < -0.39 is 0 Å². The molecule has 0 aliphatic carbocycles. The molecule has 0 radical (unpaired) electrons. The Hall–Kier alpha value is -1.31. The lowest BCUT2D eigenvalue weighted by molar-refractivity contribution is 0.103. The van der Waals surface area contributed by atoms with Gasteiger partial charge in [-0.15, -0.1) is 0 Å². The molecule has 0 fully saturated rings. The van der Waals surface area contributed by atoms with Crippen LogP contribution in [0, 0.1) is 0 Å². The predicted molar refractivity (Wildman–Crippen MR) is 85.0 cm³/mol. The molecule has 0 saturated heterocycles. The summed E-state index contributed by atoms with van der Waals surface area (Å²) in [5.41, 5.74) is 2.00. The molecule has 0 amide bonds. The summed E-state index contributed by atoms with van der Waals surface area (Å²) in [6, 6.07) is 12.6. The minimum atomic E-state index is -0.114. The third-order valence-electron chi connectivity index (χ3n) is 3.15. The second-order valence-corrected chi connectivity index (χ2v) is 6.59. The average molecular weight is 307 g/mol. The zero-order valence-corrected chi connectivity index (χ0v) is 13.2. The fraction of sp³-hybridized carbons (Fsp3) is 0.235. The molecule has 0 saturated carbocycles. The standard InChI is InChI=1S/C17H16Cl2O/c1-17(2,3)14-7-5-4-6-12(14)16(20)13-10-11(18)8-9-15(13)19/h4-10H,1-3H3. The Kier molecular flexibility index (Phi) is 4.22. The Morgan fingerprint density at radius 3 is 2.25 bits per heavy atom. The van der Waals surface area contributed by atoms with Gasteiger partial charge in [-0.25, -0.2) is 0 Å². The fourth-order valence-corrected chi connectivity index (χ4v) is 2.53. The molecule has 0 aliphatic heterocycles. The van der Waals surface area contributed by atoms with Crippen LogP contribution in [0.5, 0.6) is 0 Å². The predicted octanol–water partition coefficient (Wildman–Crippen LogP) is 5.52. The fourth-order valence-electron chi connectivity index (χ4n) is 2.15. The Labute approximate surface area is 129 Å². The van der Waals surface area contributed by atoms with Crippen molar-refractivity contribution in [3.63, 3.8) is 0 Å². The van der Waals surface area contributed by atoms with E-state index in [1.54, 1.807) is 18.2 Å². The van der Waals surface area contributed by atoms with E-state index in [2.05, 4.69) is 20.8 Å². The molecule has 0 bridgehead atoms. The summed E-state index contributed by atoms with van der Waals surface area (Å²) in [5.74, 6) is -0.0944. The van der Waals surface area contributed by atoms with Crippen molar-refractivity contribution in [2.75, 3.05) is 0 Å². The van der Waals surface area contributed by atoms with Crippen molar-refractivity contribution in [1.29, 1.82) is 0 Å². The van der Waals surface area contributed by atoms with Gasteiger partial charge < -0.3 is 0 Å². The SMILES string of the molecule is CC(C)(C)c1ccccc1C(=O)c1cc(Cl)ccc1Cl. The molecule has 0 unspecified atom stereocenters. The molecule has 3 heteroatoms. The van der Waals surface area contributed by atoms with Crippen molar-refractivity contribution in [1.82, 2.24) is 0 Å². The second-order valence-electron chi connectivity index (χ2n) is 5.75.